The van der Waals surface area contributed by atoms with Crippen molar-refractivity contribution in [2.45, 2.75) is 6.92 Å². The van der Waals surface area contributed by atoms with E-state index in [1.165, 1.54) is 0 Å². The van der Waals surface area contributed by atoms with Crippen molar-refractivity contribution in [2.75, 3.05) is 13.7 Å². The van der Waals surface area contributed by atoms with Crippen LogP contribution in [0, 0.1) is 0 Å². The van der Waals surface area contributed by atoms with E-state index in [0.717, 1.165) is 28.0 Å². The smallest absolute Gasteiger partial charge is 0.118 e. The number of thiophene rings is 1. The van der Waals surface area contributed by atoms with E-state index < -0.39 is 0 Å². The highest BCUT2D eigenvalue weighted by Gasteiger charge is 2.01. The summed E-state index contributed by atoms with van der Waals surface area (Å²) >= 11 is 1.60. The molecule has 1 heterocycles. The first-order valence-corrected chi connectivity index (χ1v) is 7.70. The van der Waals surface area contributed by atoms with Gasteiger partial charge in [0.15, 0.2) is 0 Å². The van der Waals surface area contributed by atoms with Gasteiger partial charge in [0.25, 0.3) is 0 Å². The summed E-state index contributed by atoms with van der Waals surface area (Å²) in [7, 11) is 1.66. The van der Waals surface area contributed by atoms with Crippen LogP contribution < -0.4 is 21.9 Å². The summed E-state index contributed by atoms with van der Waals surface area (Å²) in [6, 6.07) is 9.82. The molecule has 0 saturated carbocycles. The van der Waals surface area contributed by atoms with E-state index in [9.17, 15) is 0 Å². The van der Waals surface area contributed by atoms with Crippen molar-refractivity contribution < 1.29 is 4.74 Å². The fraction of sp³-hybridized carbons (Fsp3) is 0.176. The molecule has 1 aromatic carbocycles. The minimum Gasteiger partial charge on any atom is -0.497 e. The van der Waals surface area contributed by atoms with Gasteiger partial charge in [-0.1, -0.05) is 24.3 Å². The summed E-state index contributed by atoms with van der Waals surface area (Å²) in [5, 5.41) is 3.94. The summed E-state index contributed by atoms with van der Waals surface area (Å²) in [5.74, 6) is 1.20. The zero-order valence-corrected chi connectivity index (χ0v) is 13.8. The molecule has 22 heavy (non-hydrogen) atoms. The number of allylic oxidation sites excluding steroid dienone is 1. The van der Waals surface area contributed by atoms with Crippen LogP contribution in [0.15, 0.2) is 53.5 Å². The SMILES string of the molecule is C=C(C)c1ccc(OC)cc1.NCC(=C(N)N)c1ccsc1. The second-order valence-corrected chi connectivity index (χ2v) is 5.44. The summed E-state index contributed by atoms with van der Waals surface area (Å²) in [6.45, 7) is 6.22. The molecule has 0 amide bonds. The topological polar surface area (TPSA) is 87.3 Å². The molecule has 0 aliphatic heterocycles. The molecular weight excluding hydrogens is 294 g/mol. The molecule has 0 atom stereocenters. The lowest BCUT2D eigenvalue weighted by Gasteiger charge is -2.02. The third-order valence-corrected chi connectivity index (χ3v) is 3.69. The molecule has 1 aromatic heterocycles. The molecule has 4 nitrogen and oxygen atoms in total. The molecule has 0 unspecified atom stereocenters. The minimum atomic E-state index is 0.311. The number of ether oxygens (including phenoxy) is 1. The number of rotatable bonds is 4. The Kier molecular flexibility index (Phi) is 7.22. The Morgan fingerprint density at radius 1 is 1.14 bits per heavy atom. The van der Waals surface area contributed by atoms with E-state index in [0.29, 0.717) is 12.4 Å². The van der Waals surface area contributed by atoms with Gasteiger partial charge in [-0.05, 0) is 47.0 Å². The van der Waals surface area contributed by atoms with Gasteiger partial charge in [0.05, 0.1) is 12.9 Å². The molecule has 6 N–H and O–H groups in total. The van der Waals surface area contributed by atoms with E-state index in [1.807, 2.05) is 48.0 Å². The van der Waals surface area contributed by atoms with Crippen molar-refractivity contribution in [3.8, 4) is 5.75 Å². The molecule has 5 heteroatoms. The number of hydrogen-bond acceptors (Lipinski definition) is 5. The van der Waals surface area contributed by atoms with Gasteiger partial charge in [-0.3, -0.25) is 0 Å². The van der Waals surface area contributed by atoms with Gasteiger partial charge in [-0.25, -0.2) is 0 Å². The number of nitrogens with two attached hydrogens (primary N) is 3. The van der Waals surface area contributed by atoms with Crippen molar-refractivity contribution >= 4 is 22.5 Å². The summed E-state index contributed by atoms with van der Waals surface area (Å²) < 4.78 is 5.02. The molecule has 2 aromatic rings. The predicted molar refractivity (Wildman–Crippen MR) is 96.4 cm³/mol. The lowest BCUT2D eigenvalue weighted by molar-refractivity contribution is 0.415. The van der Waals surface area contributed by atoms with Gasteiger partial charge in [0.1, 0.15) is 5.75 Å². The highest BCUT2D eigenvalue weighted by Crippen LogP contribution is 2.17. The van der Waals surface area contributed by atoms with Gasteiger partial charge in [-0.15, -0.1) is 0 Å². The third kappa shape index (κ3) is 5.27. The lowest BCUT2D eigenvalue weighted by atomic mass is 10.1. The van der Waals surface area contributed by atoms with Crippen LogP contribution in [-0.4, -0.2) is 13.7 Å². The fourth-order valence-electron chi connectivity index (χ4n) is 1.71. The second-order valence-electron chi connectivity index (χ2n) is 4.66. The standard InChI is InChI=1S/C10H12O.C7H11N3S/c1-8(2)9-4-6-10(11-3)7-5-9;8-3-6(7(9)10)5-1-2-11-4-5/h4-7H,1H2,2-3H3;1-2,4H,3,8-10H2. The molecule has 2 rings (SSSR count). The lowest BCUT2D eigenvalue weighted by Crippen LogP contribution is -2.16. The highest BCUT2D eigenvalue weighted by atomic mass is 32.1. The maximum Gasteiger partial charge on any atom is 0.118 e. The van der Waals surface area contributed by atoms with E-state index in [2.05, 4.69) is 6.58 Å². The molecule has 0 saturated heterocycles. The van der Waals surface area contributed by atoms with Crippen molar-refractivity contribution in [1.29, 1.82) is 0 Å². The van der Waals surface area contributed by atoms with E-state index in [-0.39, 0.29) is 0 Å². The van der Waals surface area contributed by atoms with Gasteiger partial charge >= 0.3 is 0 Å². The van der Waals surface area contributed by atoms with Gasteiger partial charge in [0, 0.05) is 12.1 Å². The van der Waals surface area contributed by atoms with Crippen LogP contribution in [0.4, 0.5) is 0 Å². The van der Waals surface area contributed by atoms with Crippen LogP contribution in [-0.2, 0) is 0 Å². The molecule has 118 valence electrons. The molecule has 0 aliphatic rings. The Balaban J connectivity index is 0.000000220. The first-order chi connectivity index (χ1) is 10.5. The summed E-state index contributed by atoms with van der Waals surface area (Å²) in [5.41, 5.74) is 20.4. The zero-order chi connectivity index (χ0) is 16.5. The highest BCUT2D eigenvalue weighted by molar-refractivity contribution is 7.08. The molecule has 0 spiro atoms. The molecule has 0 fully saturated rings. The first-order valence-electron chi connectivity index (χ1n) is 6.76. The largest absolute Gasteiger partial charge is 0.497 e. The first kappa shape index (κ1) is 17.8. The van der Waals surface area contributed by atoms with E-state index in [4.69, 9.17) is 21.9 Å². The maximum atomic E-state index is 5.45. The van der Waals surface area contributed by atoms with E-state index in [1.54, 1.807) is 18.4 Å². The van der Waals surface area contributed by atoms with Crippen LogP contribution in [0.1, 0.15) is 18.1 Å². The van der Waals surface area contributed by atoms with Crippen LogP contribution in [0.5, 0.6) is 5.75 Å². The average molecular weight is 317 g/mol. The minimum absolute atomic E-state index is 0.311. The molecular formula is C17H23N3OS. The van der Waals surface area contributed by atoms with Gasteiger partial charge in [-0.2, -0.15) is 11.3 Å². The van der Waals surface area contributed by atoms with Crippen molar-refractivity contribution in [3.63, 3.8) is 0 Å². The van der Waals surface area contributed by atoms with Crippen LogP contribution in [0.3, 0.4) is 0 Å². The van der Waals surface area contributed by atoms with Crippen LogP contribution >= 0.6 is 11.3 Å². The monoisotopic (exact) mass is 317 g/mol. The molecule has 0 radical (unpaired) electrons. The zero-order valence-electron chi connectivity index (χ0n) is 13.0. The average Bonchev–Trinajstić information content (AvgIpc) is 3.02. The Bertz CT molecular complexity index is 612. The third-order valence-electron chi connectivity index (χ3n) is 3.01. The van der Waals surface area contributed by atoms with Gasteiger partial charge in [0.2, 0.25) is 0 Å². The van der Waals surface area contributed by atoms with Gasteiger partial charge < -0.3 is 21.9 Å². The number of hydrogen-bond donors (Lipinski definition) is 3. The maximum absolute atomic E-state index is 5.45. The second kappa shape index (κ2) is 8.92. The Hall–Kier alpha value is -2.24. The Labute approximate surface area is 135 Å². The summed E-state index contributed by atoms with van der Waals surface area (Å²) in [4.78, 5) is 0. The van der Waals surface area contributed by atoms with Crippen molar-refractivity contribution in [1.82, 2.24) is 0 Å². The number of benzene rings is 1. The number of methoxy groups -OCH3 is 1. The quantitative estimate of drug-likeness (QED) is 0.809. The predicted octanol–water partition coefficient (Wildman–Crippen LogP) is 3.02. The summed E-state index contributed by atoms with van der Waals surface area (Å²) in [6.07, 6.45) is 0. The molecule has 0 bridgehead atoms. The van der Waals surface area contributed by atoms with Crippen LogP contribution in [0.2, 0.25) is 0 Å². The molecule has 0 aliphatic carbocycles. The normalized spacial score (nSPS) is 9.41. The van der Waals surface area contributed by atoms with E-state index >= 15 is 0 Å². The van der Waals surface area contributed by atoms with Crippen molar-refractivity contribution in [3.05, 3.63) is 64.6 Å². The fourth-order valence-corrected chi connectivity index (χ4v) is 2.39. The Morgan fingerprint density at radius 2 is 1.77 bits per heavy atom. The van der Waals surface area contributed by atoms with Crippen LogP contribution in [0.25, 0.3) is 11.1 Å². The van der Waals surface area contributed by atoms with Crippen molar-refractivity contribution in [2.24, 2.45) is 17.2 Å². The Morgan fingerprint density at radius 3 is 2.14 bits per heavy atom.